The highest BCUT2D eigenvalue weighted by atomic mass is 32.2. The molecule has 25 heavy (non-hydrogen) atoms. The Morgan fingerprint density at radius 1 is 0.960 bits per heavy atom. The van der Waals surface area contributed by atoms with E-state index in [9.17, 15) is 8.42 Å². The number of anilines is 1. The van der Waals surface area contributed by atoms with Gasteiger partial charge in [-0.15, -0.1) is 0 Å². The number of unbranched alkanes of at least 4 members (excludes halogenated alkanes) is 2. The molecule has 0 bridgehead atoms. The van der Waals surface area contributed by atoms with E-state index >= 15 is 0 Å². The molecule has 5 nitrogen and oxygen atoms in total. The fourth-order valence-electron chi connectivity index (χ4n) is 3.07. The molecular formula is C19H29N3O2S. The number of nitrogens with one attached hydrogen (secondary N) is 1. The fourth-order valence-corrected chi connectivity index (χ4v) is 4.36. The number of nitrogens with two attached hydrogens (primary N) is 1. The van der Waals surface area contributed by atoms with E-state index in [4.69, 9.17) is 5.73 Å². The molecule has 2 aromatic carbocycles. The monoisotopic (exact) mass is 363 g/mol. The lowest BCUT2D eigenvalue weighted by Gasteiger charge is -2.23. The summed E-state index contributed by atoms with van der Waals surface area (Å²) in [5.74, 6) is 0. The molecule has 0 atom stereocenters. The maximum absolute atomic E-state index is 12.7. The van der Waals surface area contributed by atoms with Gasteiger partial charge in [-0.2, -0.15) is 0 Å². The van der Waals surface area contributed by atoms with E-state index in [0.29, 0.717) is 18.0 Å². The van der Waals surface area contributed by atoms with Crippen molar-refractivity contribution in [3.05, 3.63) is 36.4 Å². The number of fused-ring (bicyclic) bond motifs is 1. The third-order valence-electron chi connectivity index (χ3n) is 4.43. The van der Waals surface area contributed by atoms with Gasteiger partial charge in [0.05, 0.1) is 4.90 Å². The van der Waals surface area contributed by atoms with Crippen molar-refractivity contribution < 1.29 is 8.42 Å². The van der Waals surface area contributed by atoms with Crippen LogP contribution in [0.3, 0.4) is 0 Å². The van der Waals surface area contributed by atoms with Crippen molar-refractivity contribution >= 4 is 26.5 Å². The van der Waals surface area contributed by atoms with Gasteiger partial charge in [0.1, 0.15) is 0 Å². The van der Waals surface area contributed by atoms with Crippen LogP contribution >= 0.6 is 0 Å². The van der Waals surface area contributed by atoms with Gasteiger partial charge >= 0.3 is 0 Å². The van der Waals surface area contributed by atoms with Crippen molar-refractivity contribution in [1.82, 2.24) is 4.72 Å². The smallest absolute Gasteiger partial charge is 0.241 e. The van der Waals surface area contributed by atoms with E-state index in [1.807, 2.05) is 30.3 Å². The summed E-state index contributed by atoms with van der Waals surface area (Å²) < 4.78 is 28.2. The van der Waals surface area contributed by atoms with Gasteiger partial charge in [-0.25, -0.2) is 13.1 Å². The minimum atomic E-state index is -3.53. The van der Waals surface area contributed by atoms with Gasteiger partial charge in [-0.3, -0.25) is 0 Å². The Morgan fingerprint density at radius 2 is 1.64 bits per heavy atom. The molecule has 0 aliphatic rings. The van der Waals surface area contributed by atoms with Gasteiger partial charge in [0.2, 0.25) is 10.0 Å². The van der Waals surface area contributed by atoms with E-state index in [0.717, 1.165) is 48.8 Å². The molecule has 0 saturated heterocycles. The Labute approximate surface area is 151 Å². The first-order chi connectivity index (χ1) is 12.0. The van der Waals surface area contributed by atoms with Gasteiger partial charge in [-0.1, -0.05) is 30.7 Å². The molecule has 0 spiro atoms. The zero-order chi connectivity index (χ0) is 18.3. The summed E-state index contributed by atoms with van der Waals surface area (Å²) in [5.41, 5.74) is 6.54. The molecule has 0 fully saturated rings. The van der Waals surface area contributed by atoms with Crippen molar-refractivity contribution in [3.8, 4) is 0 Å². The van der Waals surface area contributed by atoms with E-state index in [1.54, 1.807) is 6.07 Å². The predicted octanol–water partition coefficient (Wildman–Crippen LogP) is 3.09. The molecule has 3 N–H and O–H groups in total. The highest BCUT2D eigenvalue weighted by molar-refractivity contribution is 7.89. The van der Waals surface area contributed by atoms with Crippen LogP contribution in [0.15, 0.2) is 41.3 Å². The van der Waals surface area contributed by atoms with Crippen LogP contribution in [-0.2, 0) is 10.0 Å². The van der Waals surface area contributed by atoms with Crippen LogP contribution in [0.1, 0.15) is 33.1 Å². The number of rotatable bonds is 10. The van der Waals surface area contributed by atoms with Crippen molar-refractivity contribution in [2.45, 2.75) is 38.0 Å². The molecule has 0 saturated carbocycles. The van der Waals surface area contributed by atoms with Crippen LogP contribution in [-0.4, -0.2) is 34.6 Å². The summed E-state index contributed by atoms with van der Waals surface area (Å²) in [4.78, 5) is 2.58. The summed E-state index contributed by atoms with van der Waals surface area (Å²) in [7, 11) is -3.53. The van der Waals surface area contributed by atoms with Crippen LogP contribution in [0.2, 0.25) is 0 Å². The van der Waals surface area contributed by atoms with Crippen LogP contribution < -0.4 is 15.4 Å². The zero-order valence-corrected chi connectivity index (χ0v) is 16.0. The maximum atomic E-state index is 12.7. The Kier molecular flexibility index (Phi) is 7.23. The van der Waals surface area contributed by atoms with Crippen molar-refractivity contribution in [1.29, 1.82) is 0 Å². The van der Waals surface area contributed by atoms with Gasteiger partial charge in [0, 0.05) is 36.1 Å². The van der Waals surface area contributed by atoms with E-state index in [-0.39, 0.29) is 0 Å². The van der Waals surface area contributed by atoms with Crippen LogP contribution in [0.5, 0.6) is 0 Å². The second kappa shape index (κ2) is 9.17. The van der Waals surface area contributed by atoms with Crippen LogP contribution in [0.25, 0.3) is 10.8 Å². The van der Waals surface area contributed by atoms with Crippen LogP contribution in [0, 0.1) is 0 Å². The second-order valence-electron chi connectivity index (χ2n) is 6.05. The zero-order valence-electron chi connectivity index (χ0n) is 15.2. The number of benzene rings is 2. The average Bonchev–Trinajstić information content (AvgIpc) is 2.62. The molecule has 138 valence electrons. The van der Waals surface area contributed by atoms with Gasteiger partial charge in [0.15, 0.2) is 0 Å². The summed E-state index contributed by atoms with van der Waals surface area (Å²) >= 11 is 0. The summed E-state index contributed by atoms with van der Waals surface area (Å²) in [6.07, 6.45) is 2.65. The van der Waals surface area contributed by atoms with Gasteiger partial charge in [-0.05, 0) is 45.4 Å². The van der Waals surface area contributed by atoms with E-state index in [1.165, 1.54) is 0 Å². The largest absolute Gasteiger partial charge is 0.372 e. The summed E-state index contributed by atoms with van der Waals surface area (Å²) in [5, 5.41) is 1.73. The molecule has 0 aliphatic carbocycles. The number of sulfonamides is 1. The lowest BCUT2D eigenvalue weighted by atomic mass is 10.1. The highest BCUT2D eigenvalue weighted by Crippen LogP contribution is 2.31. The standard InChI is InChI=1S/C19H29N3O2S/c1-3-22(4-2)18-12-8-11-17-16(18)10-9-13-19(17)25(23,24)21-15-7-5-6-14-20/h8-13,21H,3-7,14-15,20H2,1-2H3. The van der Waals surface area contributed by atoms with Gasteiger partial charge < -0.3 is 10.6 Å². The molecule has 0 aliphatic heterocycles. The molecule has 2 aromatic rings. The number of hydrogen-bond acceptors (Lipinski definition) is 4. The summed E-state index contributed by atoms with van der Waals surface area (Å²) in [6, 6.07) is 11.3. The molecule has 0 aromatic heterocycles. The Morgan fingerprint density at radius 3 is 2.32 bits per heavy atom. The fraction of sp³-hybridized carbons (Fsp3) is 0.474. The first-order valence-electron chi connectivity index (χ1n) is 9.01. The SMILES string of the molecule is CCN(CC)c1cccc2c(S(=O)(=O)NCCCCCN)cccc12. The summed E-state index contributed by atoms with van der Waals surface area (Å²) in [6.45, 7) is 7.05. The topological polar surface area (TPSA) is 75.4 Å². The van der Waals surface area contributed by atoms with Crippen molar-refractivity contribution in [2.75, 3.05) is 31.1 Å². The minimum absolute atomic E-state index is 0.345. The first kappa shape index (κ1) is 19.7. The van der Waals surface area contributed by atoms with Crippen molar-refractivity contribution in [2.24, 2.45) is 5.73 Å². The van der Waals surface area contributed by atoms with Crippen molar-refractivity contribution in [3.63, 3.8) is 0 Å². The minimum Gasteiger partial charge on any atom is -0.372 e. The molecular weight excluding hydrogens is 334 g/mol. The lowest BCUT2D eigenvalue weighted by Crippen LogP contribution is -2.25. The molecule has 0 radical (unpaired) electrons. The Balaban J connectivity index is 2.34. The average molecular weight is 364 g/mol. The highest BCUT2D eigenvalue weighted by Gasteiger charge is 2.18. The van der Waals surface area contributed by atoms with E-state index in [2.05, 4.69) is 23.5 Å². The molecule has 0 amide bonds. The number of hydrogen-bond donors (Lipinski definition) is 2. The normalized spacial score (nSPS) is 11.8. The molecule has 2 rings (SSSR count). The predicted molar refractivity (Wildman–Crippen MR) is 106 cm³/mol. The third kappa shape index (κ3) is 4.71. The Hall–Kier alpha value is -1.63. The molecule has 0 heterocycles. The molecule has 0 unspecified atom stereocenters. The molecule has 6 heteroatoms. The number of nitrogens with zero attached hydrogens (tertiary/aromatic N) is 1. The second-order valence-corrected chi connectivity index (χ2v) is 7.78. The maximum Gasteiger partial charge on any atom is 0.241 e. The van der Waals surface area contributed by atoms with Crippen LogP contribution in [0.4, 0.5) is 5.69 Å². The quantitative estimate of drug-likeness (QED) is 0.636. The lowest BCUT2D eigenvalue weighted by molar-refractivity contribution is 0.576. The first-order valence-corrected chi connectivity index (χ1v) is 10.5. The van der Waals surface area contributed by atoms with E-state index < -0.39 is 10.0 Å². The Bertz CT molecular complexity index is 786. The third-order valence-corrected chi connectivity index (χ3v) is 5.94. The van der Waals surface area contributed by atoms with Gasteiger partial charge in [0.25, 0.3) is 0 Å².